The van der Waals surface area contributed by atoms with E-state index < -0.39 is 18.2 Å². The van der Waals surface area contributed by atoms with Gasteiger partial charge in [-0.25, -0.2) is 8.42 Å². The normalized spacial score (nSPS) is 13.3. The first-order chi connectivity index (χ1) is 7.52. The standard InChI is InChI=1S/C9H18NO4PS/c1-3-8-16(11,12)9-7-14-15(2)13-6-4-5-10/h3-4,6-9H2,1-2H3. The Kier molecular flexibility index (Phi) is 8.77. The molecule has 0 saturated heterocycles. The second kappa shape index (κ2) is 8.89. The Labute approximate surface area is 98.6 Å². The molecule has 94 valence electrons. The lowest BCUT2D eigenvalue weighted by Crippen LogP contribution is -2.14. The molecule has 0 aromatic rings. The first kappa shape index (κ1) is 15.8. The molecule has 0 radical (unpaired) electrons. The van der Waals surface area contributed by atoms with Crippen LogP contribution in [0.5, 0.6) is 0 Å². The predicted octanol–water partition coefficient (Wildman–Crippen LogP) is 1.70. The van der Waals surface area contributed by atoms with E-state index in [1.54, 1.807) is 6.66 Å². The molecule has 16 heavy (non-hydrogen) atoms. The molecule has 0 aromatic heterocycles. The second-order valence-corrected chi connectivity index (χ2v) is 6.87. The average molecular weight is 267 g/mol. The van der Waals surface area contributed by atoms with Crippen molar-refractivity contribution in [2.24, 2.45) is 0 Å². The third kappa shape index (κ3) is 9.05. The summed E-state index contributed by atoms with van der Waals surface area (Å²) in [6.07, 6.45) is 0.950. The van der Waals surface area contributed by atoms with Crippen molar-refractivity contribution in [3.05, 3.63) is 0 Å². The highest BCUT2D eigenvalue weighted by atomic mass is 32.2. The van der Waals surface area contributed by atoms with Gasteiger partial charge in [0.25, 0.3) is 0 Å². The van der Waals surface area contributed by atoms with Crippen LogP contribution in [0.25, 0.3) is 0 Å². The molecule has 0 aliphatic carbocycles. The monoisotopic (exact) mass is 267 g/mol. The molecule has 0 fully saturated rings. The number of nitrogens with zero attached hydrogens (tertiary/aromatic N) is 1. The summed E-state index contributed by atoms with van der Waals surface area (Å²) in [7, 11) is -4.05. The van der Waals surface area contributed by atoms with E-state index in [2.05, 4.69) is 0 Å². The van der Waals surface area contributed by atoms with Crippen LogP contribution in [0.15, 0.2) is 0 Å². The van der Waals surface area contributed by atoms with Crippen molar-refractivity contribution in [1.82, 2.24) is 0 Å². The fourth-order valence-electron chi connectivity index (χ4n) is 0.963. The predicted molar refractivity (Wildman–Crippen MR) is 63.9 cm³/mol. The van der Waals surface area contributed by atoms with Crippen molar-refractivity contribution < 1.29 is 17.5 Å². The highest BCUT2D eigenvalue weighted by Crippen LogP contribution is 2.33. The Morgan fingerprint density at radius 2 is 1.88 bits per heavy atom. The molecule has 0 aromatic carbocycles. The lowest BCUT2D eigenvalue weighted by Gasteiger charge is -2.11. The summed E-state index contributed by atoms with van der Waals surface area (Å²) < 4.78 is 33.0. The van der Waals surface area contributed by atoms with Gasteiger partial charge in [0.2, 0.25) is 0 Å². The fourth-order valence-corrected chi connectivity index (χ4v) is 3.02. The van der Waals surface area contributed by atoms with E-state index in [1.165, 1.54) is 0 Å². The Morgan fingerprint density at radius 1 is 1.25 bits per heavy atom. The van der Waals surface area contributed by atoms with E-state index in [4.69, 9.17) is 14.3 Å². The van der Waals surface area contributed by atoms with Gasteiger partial charge in [-0.1, -0.05) is 6.92 Å². The lowest BCUT2D eigenvalue weighted by atomic mass is 10.5. The minimum atomic E-state index is -2.98. The molecule has 0 rings (SSSR count). The zero-order valence-corrected chi connectivity index (χ0v) is 11.4. The Hall–Kier alpha value is -0.210. The van der Waals surface area contributed by atoms with Crippen molar-refractivity contribution >= 4 is 18.2 Å². The van der Waals surface area contributed by atoms with Gasteiger partial charge in [-0.05, 0) is 6.42 Å². The van der Waals surface area contributed by atoms with E-state index in [9.17, 15) is 8.42 Å². The van der Waals surface area contributed by atoms with Crippen molar-refractivity contribution in [3.63, 3.8) is 0 Å². The van der Waals surface area contributed by atoms with Crippen molar-refractivity contribution in [2.75, 3.05) is 31.4 Å². The van der Waals surface area contributed by atoms with Gasteiger partial charge in [0.05, 0.1) is 31.5 Å². The highest BCUT2D eigenvalue weighted by molar-refractivity contribution is 7.91. The minimum Gasteiger partial charge on any atom is -0.333 e. The topological polar surface area (TPSA) is 76.4 Å². The largest absolute Gasteiger partial charge is 0.333 e. The summed E-state index contributed by atoms with van der Waals surface area (Å²) >= 11 is 0. The van der Waals surface area contributed by atoms with Gasteiger partial charge in [-0.15, -0.1) is 0 Å². The third-order valence-corrected chi connectivity index (χ3v) is 4.58. The molecule has 7 heteroatoms. The quantitative estimate of drug-likeness (QED) is 0.469. The maximum Gasteiger partial charge on any atom is 0.167 e. The molecule has 0 bridgehead atoms. The van der Waals surface area contributed by atoms with Crippen LogP contribution in [0, 0.1) is 11.3 Å². The summed E-state index contributed by atoms with van der Waals surface area (Å²) in [5, 5.41) is 8.28. The maximum atomic E-state index is 11.3. The molecule has 0 saturated carbocycles. The molecular weight excluding hydrogens is 249 g/mol. The maximum absolute atomic E-state index is 11.3. The number of hydrogen-bond acceptors (Lipinski definition) is 5. The van der Waals surface area contributed by atoms with Gasteiger partial charge in [0, 0.05) is 12.4 Å². The van der Waals surface area contributed by atoms with E-state index >= 15 is 0 Å². The van der Waals surface area contributed by atoms with Gasteiger partial charge in [-0.3, -0.25) is 0 Å². The van der Waals surface area contributed by atoms with Crippen LogP contribution in [-0.4, -0.2) is 39.8 Å². The second-order valence-electron chi connectivity index (χ2n) is 3.17. The summed E-state index contributed by atoms with van der Waals surface area (Å²) in [5.74, 6) is 0.239. The zero-order valence-electron chi connectivity index (χ0n) is 9.68. The summed E-state index contributed by atoms with van der Waals surface area (Å²) in [6.45, 7) is 4.08. The van der Waals surface area contributed by atoms with Crippen LogP contribution in [0.4, 0.5) is 0 Å². The van der Waals surface area contributed by atoms with Crippen LogP contribution in [0.3, 0.4) is 0 Å². The van der Waals surface area contributed by atoms with E-state index in [-0.39, 0.29) is 18.1 Å². The molecule has 0 N–H and O–H groups in total. The third-order valence-electron chi connectivity index (χ3n) is 1.67. The van der Waals surface area contributed by atoms with Crippen molar-refractivity contribution in [3.8, 4) is 6.07 Å². The van der Waals surface area contributed by atoms with Crippen LogP contribution in [0.2, 0.25) is 0 Å². The summed E-state index contributed by atoms with van der Waals surface area (Å²) in [4.78, 5) is 0. The highest BCUT2D eigenvalue weighted by Gasteiger charge is 2.10. The van der Waals surface area contributed by atoms with Crippen LogP contribution < -0.4 is 0 Å². The minimum absolute atomic E-state index is 0.0368. The van der Waals surface area contributed by atoms with Gasteiger partial charge in [-0.2, -0.15) is 5.26 Å². The summed E-state index contributed by atoms with van der Waals surface area (Å²) in [6, 6.07) is 1.95. The molecule has 0 heterocycles. The fraction of sp³-hybridized carbons (Fsp3) is 0.889. The Balaban J connectivity index is 3.62. The molecule has 0 aliphatic heterocycles. The van der Waals surface area contributed by atoms with Crippen LogP contribution >= 0.6 is 8.38 Å². The smallest absolute Gasteiger partial charge is 0.167 e. The van der Waals surface area contributed by atoms with Gasteiger partial charge in [0.1, 0.15) is 0 Å². The van der Waals surface area contributed by atoms with Gasteiger partial charge in [0.15, 0.2) is 18.2 Å². The molecule has 0 aliphatic rings. The molecule has 1 unspecified atom stereocenters. The van der Waals surface area contributed by atoms with Crippen LogP contribution in [0.1, 0.15) is 19.8 Å². The zero-order chi connectivity index (χ0) is 12.4. The number of sulfone groups is 1. The first-order valence-corrected chi connectivity index (χ1v) is 8.53. The molecular formula is C9H18NO4PS. The molecule has 0 spiro atoms. The SMILES string of the molecule is CCCS(=O)(=O)CCOP(C)OCCC#N. The average Bonchev–Trinajstić information content (AvgIpc) is 2.17. The Morgan fingerprint density at radius 3 is 2.44 bits per heavy atom. The summed E-state index contributed by atoms with van der Waals surface area (Å²) in [5.41, 5.74) is 0. The van der Waals surface area contributed by atoms with Crippen molar-refractivity contribution in [2.45, 2.75) is 19.8 Å². The van der Waals surface area contributed by atoms with E-state index in [1.807, 2.05) is 13.0 Å². The molecule has 1 atom stereocenters. The first-order valence-electron chi connectivity index (χ1n) is 5.08. The number of rotatable bonds is 9. The molecule has 0 amide bonds. The lowest BCUT2D eigenvalue weighted by molar-refractivity contribution is 0.268. The Bertz CT molecular complexity index is 312. The van der Waals surface area contributed by atoms with Gasteiger partial charge >= 0.3 is 0 Å². The van der Waals surface area contributed by atoms with E-state index in [0.717, 1.165) is 0 Å². The number of nitriles is 1. The molecule has 5 nitrogen and oxygen atoms in total. The number of hydrogen-bond donors (Lipinski definition) is 0. The van der Waals surface area contributed by atoms with Crippen molar-refractivity contribution in [1.29, 1.82) is 5.26 Å². The van der Waals surface area contributed by atoms with Crippen LogP contribution in [-0.2, 0) is 18.9 Å². The van der Waals surface area contributed by atoms with Gasteiger partial charge < -0.3 is 9.05 Å². The van der Waals surface area contributed by atoms with E-state index in [0.29, 0.717) is 19.4 Å².